The minimum atomic E-state index is -0.274. The minimum absolute atomic E-state index is 0.103. The Morgan fingerprint density at radius 2 is 2.00 bits per heavy atom. The number of thiocarbonyl (C=S) groups is 1. The Labute approximate surface area is 86.8 Å². The number of hydrazone groups is 1. The van der Waals surface area contributed by atoms with Crippen molar-refractivity contribution in [3.05, 3.63) is 35.6 Å². The van der Waals surface area contributed by atoms with Gasteiger partial charge in [0.2, 0.25) is 0 Å². The van der Waals surface area contributed by atoms with Gasteiger partial charge in [0.15, 0.2) is 5.11 Å². The van der Waals surface area contributed by atoms with Gasteiger partial charge in [0.05, 0.1) is 5.71 Å². The Morgan fingerprint density at radius 3 is 2.50 bits per heavy atom. The van der Waals surface area contributed by atoms with Crippen molar-refractivity contribution in [1.82, 2.24) is 5.43 Å². The number of benzene rings is 1. The SMILES string of the molecule is CC(=NNC(N)=S)c1ccc(F)cc1. The van der Waals surface area contributed by atoms with E-state index >= 15 is 0 Å². The summed E-state index contributed by atoms with van der Waals surface area (Å²) in [6.45, 7) is 1.78. The van der Waals surface area contributed by atoms with Crippen molar-refractivity contribution < 1.29 is 4.39 Å². The van der Waals surface area contributed by atoms with Gasteiger partial charge in [-0.25, -0.2) is 4.39 Å². The fourth-order valence-electron chi connectivity index (χ4n) is 0.895. The van der Waals surface area contributed by atoms with Gasteiger partial charge in [-0.15, -0.1) is 0 Å². The second-order valence-corrected chi connectivity index (χ2v) is 3.12. The Hall–Kier alpha value is -1.49. The molecule has 0 aliphatic heterocycles. The second kappa shape index (κ2) is 4.66. The molecule has 0 aliphatic rings. The van der Waals surface area contributed by atoms with Crippen molar-refractivity contribution in [2.45, 2.75) is 6.92 Å². The van der Waals surface area contributed by atoms with Crippen molar-refractivity contribution in [3.8, 4) is 0 Å². The van der Waals surface area contributed by atoms with E-state index in [-0.39, 0.29) is 10.9 Å². The van der Waals surface area contributed by atoms with Crippen molar-refractivity contribution in [2.75, 3.05) is 0 Å². The molecule has 0 saturated heterocycles. The molecule has 5 heteroatoms. The molecule has 1 rings (SSSR count). The third-order valence-electron chi connectivity index (χ3n) is 1.60. The van der Waals surface area contributed by atoms with Crippen LogP contribution in [0.2, 0.25) is 0 Å². The summed E-state index contributed by atoms with van der Waals surface area (Å²) < 4.78 is 12.6. The van der Waals surface area contributed by atoms with Gasteiger partial charge in [-0.3, -0.25) is 5.43 Å². The number of nitrogens with two attached hydrogens (primary N) is 1. The highest BCUT2D eigenvalue weighted by Crippen LogP contribution is 2.03. The fraction of sp³-hybridized carbons (Fsp3) is 0.111. The summed E-state index contributed by atoms with van der Waals surface area (Å²) in [5.41, 5.74) is 9.17. The number of nitrogens with one attached hydrogen (secondary N) is 1. The number of hydrogen-bond donors (Lipinski definition) is 2. The van der Waals surface area contributed by atoms with Crippen LogP contribution in [-0.4, -0.2) is 10.8 Å². The predicted molar refractivity (Wildman–Crippen MR) is 58.5 cm³/mol. The van der Waals surface area contributed by atoms with Crippen LogP contribution in [-0.2, 0) is 0 Å². The lowest BCUT2D eigenvalue weighted by Gasteiger charge is -2.01. The van der Waals surface area contributed by atoms with Crippen molar-refractivity contribution in [3.63, 3.8) is 0 Å². The maximum absolute atomic E-state index is 12.6. The van der Waals surface area contributed by atoms with Crippen LogP contribution in [0.3, 0.4) is 0 Å². The predicted octanol–water partition coefficient (Wildman–Crippen LogP) is 1.38. The number of hydrogen-bond acceptors (Lipinski definition) is 2. The van der Waals surface area contributed by atoms with E-state index in [2.05, 4.69) is 22.7 Å². The van der Waals surface area contributed by atoms with Gasteiger partial charge in [-0.2, -0.15) is 5.10 Å². The molecule has 0 radical (unpaired) electrons. The molecule has 0 aromatic heterocycles. The van der Waals surface area contributed by atoms with Crippen LogP contribution in [0.5, 0.6) is 0 Å². The third-order valence-corrected chi connectivity index (χ3v) is 1.69. The van der Waals surface area contributed by atoms with E-state index < -0.39 is 0 Å². The Balaban J connectivity index is 2.78. The summed E-state index contributed by atoms with van der Waals surface area (Å²) in [6.07, 6.45) is 0. The highest BCUT2D eigenvalue weighted by Gasteiger charge is 1.97. The van der Waals surface area contributed by atoms with E-state index in [1.165, 1.54) is 12.1 Å². The number of nitrogens with zero attached hydrogens (tertiary/aromatic N) is 1. The Morgan fingerprint density at radius 1 is 1.43 bits per heavy atom. The lowest BCUT2D eigenvalue weighted by Crippen LogP contribution is -2.25. The van der Waals surface area contributed by atoms with Gasteiger partial charge in [-0.05, 0) is 36.8 Å². The van der Waals surface area contributed by atoms with E-state index in [4.69, 9.17) is 5.73 Å². The highest BCUT2D eigenvalue weighted by atomic mass is 32.1. The molecule has 0 unspecified atom stereocenters. The molecular formula is C9H10FN3S. The molecule has 0 bridgehead atoms. The van der Waals surface area contributed by atoms with Gasteiger partial charge in [0.25, 0.3) is 0 Å². The third kappa shape index (κ3) is 3.10. The lowest BCUT2D eigenvalue weighted by molar-refractivity contribution is 0.628. The molecule has 0 saturated carbocycles. The van der Waals surface area contributed by atoms with E-state index in [0.29, 0.717) is 5.71 Å². The van der Waals surface area contributed by atoms with Crippen LogP contribution in [0.25, 0.3) is 0 Å². The van der Waals surface area contributed by atoms with Crippen molar-refractivity contribution >= 4 is 23.0 Å². The first kappa shape index (κ1) is 10.6. The maximum Gasteiger partial charge on any atom is 0.184 e. The average Bonchev–Trinajstić information content (AvgIpc) is 2.15. The van der Waals surface area contributed by atoms with Gasteiger partial charge >= 0.3 is 0 Å². The first-order valence-corrected chi connectivity index (χ1v) is 4.36. The molecule has 1 aromatic carbocycles. The van der Waals surface area contributed by atoms with E-state index in [0.717, 1.165) is 5.56 Å². The van der Waals surface area contributed by atoms with Crippen LogP contribution >= 0.6 is 12.2 Å². The monoisotopic (exact) mass is 211 g/mol. The molecule has 0 fully saturated rings. The summed E-state index contributed by atoms with van der Waals surface area (Å²) in [7, 11) is 0. The molecule has 3 N–H and O–H groups in total. The molecule has 14 heavy (non-hydrogen) atoms. The molecule has 0 aliphatic carbocycles. The lowest BCUT2D eigenvalue weighted by atomic mass is 10.1. The molecule has 3 nitrogen and oxygen atoms in total. The molecule has 74 valence electrons. The topological polar surface area (TPSA) is 50.4 Å². The van der Waals surface area contributed by atoms with Crippen molar-refractivity contribution in [2.24, 2.45) is 10.8 Å². The quantitative estimate of drug-likeness (QED) is 0.441. The standard InChI is InChI=1S/C9H10FN3S/c1-6(12-13-9(11)14)7-2-4-8(10)5-3-7/h2-5H,1H3,(H3,11,13,14). The minimum Gasteiger partial charge on any atom is -0.375 e. The summed E-state index contributed by atoms with van der Waals surface area (Å²) in [4.78, 5) is 0. The number of rotatable bonds is 2. The zero-order chi connectivity index (χ0) is 10.6. The molecule has 0 amide bonds. The summed E-state index contributed by atoms with van der Waals surface area (Å²) in [5.74, 6) is -0.274. The van der Waals surface area contributed by atoms with Crippen LogP contribution in [0, 0.1) is 5.82 Å². The smallest absolute Gasteiger partial charge is 0.184 e. The van der Waals surface area contributed by atoms with Crippen molar-refractivity contribution in [1.29, 1.82) is 0 Å². The first-order chi connectivity index (χ1) is 6.59. The first-order valence-electron chi connectivity index (χ1n) is 3.95. The Kier molecular flexibility index (Phi) is 3.53. The van der Waals surface area contributed by atoms with Crippen LogP contribution in [0.4, 0.5) is 4.39 Å². The van der Waals surface area contributed by atoms with Gasteiger partial charge in [0, 0.05) is 0 Å². The van der Waals surface area contributed by atoms with E-state index in [9.17, 15) is 4.39 Å². The normalized spacial score (nSPS) is 11.1. The zero-order valence-corrected chi connectivity index (χ0v) is 8.44. The maximum atomic E-state index is 12.6. The van der Waals surface area contributed by atoms with Crippen LogP contribution in [0.1, 0.15) is 12.5 Å². The zero-order valence-electron chi connectivity index (χ0n) is 7.62. The summed E-state index contributed by atoms with van der Waals surface area (Å²) in [5, 5.41) is 4.00. The van der Waals surface area contributed by atoms with E-state index in [1.807, 2.05) is 0 Å². The summed E-state index contributed by atoms with van der Waals surface area (Å²) in [6, 6.07) is 6.01. The van der Waals surface area contributed by atoms with Crippen LogP contribution in [0.15, 0.2) is 29.4 Å². The largest absolute Gasteiger partial charge is 0.375 e. The Bertz CT molecular complexity index is 359. The number of halogens is 1. The highest BCUT2D eigenvalue weighted by molar-refractivity contribution is 7.80. The average molecular weight is 211 g/mol. The van der Waals surface area contributed by atoms with Gasteiger partial charge in [-0.1, -0.05) is 12.1 Å². The molecule has 0 spiro atoms. The fourth-order valence-corrected chi connectivity index (χ4v) is 0.940. The molecule has 0 atom stereocenters. The van der Waals surface area contributed by atoms with Crippen LogP contribution < -0.4 is 11.2 Å². The molecule has 1 aromatic rings. The molecule has 0 heterocycles. The van der Waals surface area contributed by atoms with E-state index in [1.54, 1.807) is 19.1 Å². The van der Waals surface area contributed by atoms with Gasteiger partial charge in [0.1, 0.15) is 5.82 Å². The second-order valence-electron chi connectivity index (χ2n) is 2.68. The van der Waals surface area contributed by atoms with Gasteiger partial charge < -0.3 is 5.73 Å². The summed E-state index contributed by atoms with van der Waals surface area (Å²) >= 11 is 4.58. The molecular weight excluding hydrogens is 201 g/mol.